The summed E-state index contributed by atoms with van der Waals surface area (Å²) in [5.74, 6) is -0.211. The molecule has 0 radical (unpaired) electrons. The summed E-state index contributed by atoms with van der Waals surface area (Å²) in [5, 5.41) is 6.67. The number of para-hydroxylation sites is 1. The number of hydrogen-bond acceptors (Lipinski definition) is 4. The highest BCUT2D eigenvalue weighted by atomic mass is 32.1. The van der Waals surface area contributed by atoms with Crippen molar-refractivity contribution in [1.82, 2.24) is 10.3 Å². The molecule has 1 unspecified atom stereocenters. The Balaban J connectivity index is 1.88. The van der Waals surface area contributed by atoms with Gasteiger partial charge in [0, 0.05) is 27.9 Å². The average molecular weight is 312 g/mol. The minimum Gasteiger partial charge on any atom is -0.468 e. The van der Waals surface area contributed by atoms with Gasteiger partial charge in [-0.1, -0.05) is 24.3 Å². The Morgan fingerprint density at radius 2 is 2.14 bits per heavy atom. The quantitative estimate of drug-likeness (QED) is 0.715. The van der Waals surface area contributed by atoms with E-state index in [1.807, 2.05) is 18.2 Å². The molecule has 2 N–H and O–H groups in total. The molecule has 4 nitrogen and oxygen atoms in total. The Kier molecular flexibility index (Phi) is 3.24. The smallest absolute Gasteiger partial charge is 0.323 e. The first kappa shape index (κ1) is 13.5. The number of fused-ring (bicyclic) bond motifs is 3. The minimum atomic E-state index is -0.316. The summed E-state index contributed by atoms with van der Waals surface area (Å²) in [6.07, 6.45) is 0.647. The molecule has 4 rings (SSSR count). The number of esters is 1. The van der Waals surface area contributed by atoms with Gasteiger partial charge in [-0.25, -0.2) is 0 Å². The third kappa shape index (κ3) is 2.05. The predicted octanol–water partition coefficient (Wildman–Crippen LogP) is 3.01. The van der Waals surface area contributed by atoms with Crippen LogP contribution in [0.2, 0.25) is 0 Å². The second kappa shape index (κ2) is 5.26. The van der Waals surface area contributed by atoms with Crippen molar-refractivity contribution >= 4 is 28.2 Å². The third-order valence-corrected chi connectivity index (χ3v) is 5.16. The van der Waals surface area contributed by atoms with Crippen molar-refractivity contribution in [2.45, 2.75) is 18.5 Å². The second-order valence-electron chi connectivity index (χ2n) is 5.46. The summed E-state index contributed by atoms with van der Waals surface area (Å²) in [6, 6.07) is 12.1. The molecular formula is C17H16N2O2S. The van der Waals surface area contributed by atoms with Gasteiger partial charge >= 0.3 is 5.97 Å². The SMILES string of the molecule is COC(=O)[C@@H]1Cc2c([nH]c3ccccc23)C(c2cccs2)N1. The largest absolute Gasteiger partial charge is 0.468 e. The molecule has 0 amide bonds. The van der Waals surface area contributed by atoms with E-state index in [4.69, 9.17) is 4.74 Å². The summed E-state index contributed by atoms with van der Waals surface area (Å²) < 4.78 is 4.95. The molecule has 1 aromatic carbocycles. The highest BCUT2D eigenvalue weighted by molar-refractivity contribution is 7.10. The molecule has 22 heavy (non-hydrogen) atoms. The lowest BCUT2D eigenvalue weighted by Crippen LogP contribution is -2.45. The molecule has 1 aliphatic rings. The van der Waals surface area contributed by atoms with Crippen LogP contribution < -0.4 is 5.32 Å². The standard InChI is InChI=1S/C17H16N2O2S/c1-21-17(20)13-9-11-10-5-2-3-6-12(10)18-15(11)16(19-13)14-7-4-8-22-14/h2-8,13,16,18-19H,9H2,1H3/t13-,16?/m0/s1. The average Bonchev–Trinajstić information content (AvgIpc) is 3.20. The van der Waals surface area contributed by atoms with Gasteiger partial charge in [-0.3, -0.25) is 10.1 Å². The van der Waals surface area contributed by atoms with E-state index in [9.17, 15) is 4.79 Å². The molecule has 0 saturated carbocycles. The van der Waals surface area contributed by atoms with Crippen LogP contribution in [-0.2, 0) is 16.0 Å². The van der Waals surface area contributed by atoms with Crippen LogP contribution in [0.5, 0.6) is 0 Å². The predicted molar refractivity (Wildman–Crippen MR) is 87.1 cm³/mol. The van der Waals surface area contributed by atoms with Gasteiger partial charge in [0.25, 0.3) is 0 Å². The fourth-order valence-electron chi connectivity index (χ4n) is 3.21. The molecule has 1 aliphatic heterocycles. The van der Waals surface area contributed by atoms with Crippen molar-refractivity contribution < 1.29 is 9.53 Å². The monoisotopic (exact) mass is 312 g/mol. The summed E-state index contributed by atoms with van der Waals surface area (Å²) in [5.41, 5.74) is 3.48. The number of thiophene rings is 1. The van der Waals surface area contributed by atoms with E-state index < -0.39 is 0 Å². The van der Waals surface area contributed by atoms with E-state index in [1.165, 1.54) is 22.9 Å². The van der Waals surface area contributed by atoms with Crippen molar-refractivity contribution in [3.63, 3.8) is 0 Å². The number of aromatic amines is 1. The number of carbonyl (C=O) groups is 1. The summed E-state index contributed by atoms with van der Waals surface area (Å²) >= 11 is 1.69. The van der Waals surface area contributed by atoms with E-state index >= 15 is 0 Å². The van der Waals surface area contributed by atoms with E-state index in [0.717, 1.165) is 11.2 Å². The molecule has 0 aliphatic carbocycles. The van der Waals surface area contributed by atoms with E-state index in [-0.39, 0.29) is 18.1 Å². The van der Waals surface area contributed by atoms with E-state index in [1.54, 1.807) is 11.3 Å². The van der Waals surface area contributed by atoms with Gasteiger partial charge in [0.05, 0.1) is 13.2 Å². The number of methoxy groups -OCH3 is 1. The maximum Gasteiger partial charge on any atom is 0.323 e. The molecule has 2 atom stereocenters. The number of hydrogen-bond donors (Lipinski definition) is 2. The second-order valence-corrected chi connectivity index (χ2v) is 6.44. The first-order valence-electron chi connectivity index (χ1n) is 7.24. The Morgan fingerprint density at radius 1 is 1.27 bits per heavy atom. The Morgan fingerprint density at radius 3 is 2.91 bits per heavy atom. The van der Waals surface area contributed by atoms with Crippen LogP contribution in [0.1, 0.15) is 22.2 Å². The molecular weight excluding hydrogens is 296 g/mol. The van der Waals surface area contributed by atoms with Crippen LogP contribution in [0.15, 0.2) is 41.8 Å². The van der Waals surface area contributed by atoms with Crippen LogP contribution in [-0.4, -0.2) is 24.1 Å². The van der Waals surface area contributed by atoms with Gasteiger partial charge in [-0.2, -0.15) is 0 Å². The van der Waals surface area contributed by atoms with Gasteiger partial charge in [-0.15, -0.1) is 11.3 Å². The first-order chi connectivity index (χ1) is 10.8. The van der Waals surface area contributed by atoms with E-state index in [0.29, 0.717) is 6.42 Å². The van der Waals surface area contributed by atoms with Gasteiger partial charge in [0.2, 0.25) is 0 Å². The van der Waals surface area contributed by atoms with Crippen LogP contribution in [0.4, 0.5) is 0 Å². The minimum absolute atomic E-state index is 0.000231. The lowest BCUT2D eigenvalue weighted by atomic mass is 9.93. The zero-order chi connectivity index (χ0) is 15.1. The number of nitrogens with one attached hydrogen (secondary N) is 2. The van der Waals surface area contributed by atoms with Crippen LogP contribution in [0.25, 0.3) is 10.9 Å². The van der Waals surface area contributed by atoms with Gasteiger partial charge < -0.3 is 9.72 Å². The molecule has 5 heteroatoms. The van der Waals surface area contributed by atoms with Gasteiger partial charge in [0.1, 0.15) is 6.04 Å². The Hall–Kier alpha value is -2.11. The topological polar surface area (TPSA) is 54.1 Å². The lowest BCUT2D eigenvalue weighted by Gasteiger charge is -2.29. The number of H-pyrrole nitrogens is 1. The van der Waals surface area contributed by atoms with Crippen LogP contribution in [0.3, 0.4) is 0 Å². The van der Waals surface area contributed by atoms with Crippen molar-refractivity contribution in [2.75, 3.05) is 7.11 Å². The van der Waals surface area contributed by atoms with Crippen molar-refractivity contribution in [2.24, 2.45) is 0 Å². The third-order valence-electron chi connectivity index (χ3n) is 4.22. The molecule has 2 aromatic heterocycles. The number of rotatable bonds is 2. The van der Waals surface area contributed by atoms with Gasteiger partial charge in [-0.05, 0) is 23.1 Å². The Labute approximate surface area is 132 Å². The molecule has 0 saturated heterocycles. The number of benzene rings is 1. The molecule has 112 valence electrons. The molecule has 3 aromatic rings. The maximum atomic E-state index is 12.1. The fourth-order valence-corrected chi connectivity index (χ4v) is 4.00. The fraction of sp³-hybridized carbons (Fsp3) is 0.235. The van der Waals surface area contributed by atoms with Crippen LogP contribution >= 0.6 is 11.3 Å². The normalized spacial score (nSPS) is 20.8. The molecule has 0 fully saturated rings. The zero-order valence-electron chi connectivity index (χ0n) is 12.1. The van der Waals surface area contributed by atoms with Crippen LogP contribution in [0, 0.1) is 0 Å². The molecule has 0 bridgehead atoms. The summed E-state index contributed by atoms with van der Waals surface area (Å²) in [4.78, 5) is 16.8. The first-order valence-corrected chi connectivity index (χ1v) is 8.12. The maximum absolute atomic E-state index is 12.1. The van der Waals surface area contributed by atoms with Gasteiger partial charge in [0.15, 0.2) is 0 Å². The molecule has 3 heterocycles. The highest BCUT2D eigenvalue weighted by Gasteiger charge is 2.34. The highest BCUT2D eigenvalue weighted by Crippen LogP contribution is 2.36. The summed E-state index contributed by atoms with van der Waals surface area (Å²) in [6.45, 7) is 0. The molecule has 0 spiro atoms. The Bertz CT molecular complexity index is 822. The van der Waals surface area contributed by atoms with E-state index in [2.05, 4.69) is 33.9 Å². The number of carbonyl (C=O) groups excluding carboxylic acids is 1. The zero-order valence-corrected chi connectivity index (χ0v) is 12.9. The number of ether oxygens (including phenoxy) is 1. The van der Waals surface area contributed by atoms with Crippen molar-refractivity contribution in [3.05, 3.63) is 57.9 Å². The van der Waals surface area contributed by atoms with Crippen molar-refractivity contribution in [3.8, 4) is 0 Å². The van der Waals surface area contributed by atoms with Crippen molar-refractivity contribution in [1.29, 1.82) is 0 Å². The lowest BCUT2D eigenvalue weighted by molar-refractivity contribution is -0.143. The summed E-state index contributed by atoms with van der Waals surface area (Å²) in [7, 11) is 1.44. The number of aromatic nitrogens is 1.